The van der Waals surface area contributed by atoms with Gasteiger partial charge in [-0.05, 0) is 31.2 Å². The minimum Gasteiger partial charge on any atom is -0.467 e. The van der Waals surface area contributed by atoms with Crippen LogP contribution in [0.4, 0.5) is 0 Å². The molecule has 0 aliphatic heterocycles. The number of benzene rings is 1. The molecule has 0 saturated carbocycles. The number of hydrogen-bond acceptors (Lipinski definition) is 7. The predicted molar refractivity (Wildman–Crippen MR) is 97.1 cm³/mol. The monoisotopic (exact) mass is 368 g/mol. The van der Waals surface area contributed by atoms with E-state index in [0.29, 0.717) is 40.1 Å². The first-order valence-electron chi connectivity index (χ1n) is 8.10. The molecule has 1 unspecified atom stereocenters. The summed E-state index contributed by atoms with van der Waals surface area (Å²) in [5, 5.41) is 8.93. The average Bonchev–Trinajstić information content (AvgIpc) is 3.30. The summed E-state index contributed by atoms with van der Waals surface area (Å²) < 4.78 is 12.5. The zero-order valence-electron chi connectivity index (χ0n) is 14.2. The van der Waals surface area contributed by atoms with Gasteiger partial charge >= 0.3 is 0 Å². The van der Waals surface area contributed by atoms with E-state index in [1.54, 1.807) is 29.9 Å². The van der Waals surface area contributed by atoms with E-state index in [-0.39, 0.29) is 10.8 Å². The SMILES string of the molecule is Cc1nnc(C(C)Sc2nc3ccccc3c(=O)n2Cc2ccco2)o1. The number of thioether (sulfide) groups is 1. The Morgan fingerprint density at radius 2 is 2.04 bits per heavy atom. The Morgan fingerprint density at radius 1 is 1.19 bits per heavy atom. The first-order chi connectivity index (χ1) is 12.6. The molecule has 4 aromatic rings. The first-order valence-corrected chi connectivity index (χ1v) is 8.98. The van der Waals surface area contributed by atoms with E-state index in [2.05, 4.69) is 15.2 Å². The van der Waals surface area contributed by atoms with E-state index in [9.17, 15) is 4.79 Å². The molecule has 1 aromatic carbocycles. The third-order valence-electron chi connectivity index (χ3n) is 3.89. The Labute approximate surface area is 153 Å². The smallest absolute Gasteiger partial charge is 0.262 e. The highest BCUT2D eigenvalue weighted by Gasteiger charge is 2.19. The van der Waals surface area contributed by atoms with Crippen molar-refractivity contribution in [3.05, 3.63) is 70.6 Å². The fraction of sp³-hybridized carbons (Fsp3) is 0.222. The molecule has 0 N–H and O–H groups in total. The van der Waals surface area contributed by atoms with Crippen LogP contribution in [0, 0.1) is 6.92 Å². The molecule has 7 nitrogen and oxygen atoms in total. The van der Waals surface area contributed by atoms with Crippen LogP contribution >= 0.6 is 11.8 Å². The van der Waals surface area contributed by atoms with Gasteiger partial charge < -0.3 is 8.83 Å². The lowest BCUT2D eigenvalue weighted by molar-refractivity contribution is 0.467. The van der Waals surface area contributed by atoms with E-state index < -0.39 is 0 Å². The molecule has 1 atom stereocenters. The highest BCUT2D eigenvalue weighted by molar-refractivity contribution is 7.99. The highest BCUT2D eigenvalue weighted by atomic mass is 32.2. The molecule has 0 spiro atoms. The molecule has 8 heteroatoms. The van der Waals surface area contributed by atoms with Crippen LogP contribution < -0.4 is 5.56 Å². The van der Waals surface area contributed by atoms with Crippen LogP contribution in [-0.4, -0.2) is 19.7 Å². The molecule has 0 bridgehead atoms. The maximum Gasteiger partial charge on any atom is 0.262 e. The van der Waals surface area contributed by atoms with Crippen molar-refractivity contribution in [2.45, 2.75) is 30.8 Å². The lowest BCUT2D eigenvalue weighted by Crippen LogP contribution is -2.24. The molecule has 0 aliphatic rings. The largest absolute Gasteiger partial charge is 0.467 e. The molecule has 3 heterocycles. The van der Waals surface area contributed by atoms with Crippen molar-refractivity contribution in [1.82, 2.24) is 19.7 Å². The molecule has 3 aromatic heterocycles. The van der Waals surface area contributed by atoms with Crippen LogP contribution in [0.25, 0.3) is 10.9 Å². The Kier molecular flexibility index (Phi) is 4.34. The summed E-state index contributed by atoms with van der Waals surface area (Å²) in [6.45, 7) is 3.99. The Hall–Kier alpha value is -2.87. The van der Waals surface area contributed by atoms with Crippen molar-refractivity contribution in [2.75, 3.05) is 0 Å². The summed E-state index contributed by atoms with van der Waals surface area (Å²) in [5.74, 6) is 1.69. The first kappa shape index (κ1) is 16.6. The number of nitrogens with zero attached hydrogens (tertiary/aromatic N) is 4. The Balaban J connectivity index is 1.79. The van der Waals surface area contributed by atoms with Crippen molar-refractivity contribution in [1.29, 1.82) is 0 Å². The van der Waals surface area contributed by atoms with E-state index in [4.69, 9.17) is 8.83 Å². The van der Waals surface area contributed by atoms with Crippen LogP contribution in [-0.2, 0) is 6.54 Å². The summed E-state index contributed by atoms with van der Waals surface area (Å²) in [6, 6.07) is 10.9. The maximum absolute atomic E-state index is 13.0. The number of para-hydroxylation sites is 1. The molecule has 0 saturated heterocycles. The molecular formula is C18H16N4O3S. The fourth-order valence-corrected chi connectivity index (χ4v) is 3.56. The number of rotatable bonds is 5. The fourth-order valence-electron chi connectivity index (χ4n) is 2.62. The second-order valence-corrected chi connectivity index (χ2v) is 7.11. The topological polar surface area (TPSA) is 87.0 Å². The Bertz CT molecular complexity index is 1100. The van der Waals surface area contributed by atoms with E-state index in [1.807, 2.05) is 31.2 Å². The van der Waals surface area contributed by atoms with Crippen LogP contribution in [0.2, 0.25) is 0 Å². The van der Waals surface area contributed by atoms with Gasteiger partial charge in [0, 0.05) is 6.92 Å². The Morgan fingerprint density at radius 3 is 2.77 bits per heavy atom. The lowest BCUT2D eigenvalue weighted by atomic mass is 10.2. The number of furan rings is 1. The lowest BCUT2D eigenvalue weighted by Gasteiger charge is -2.14. The van der Waals surface area contributed by atoms with Crippen LogP contribution in [0.3, 0.4) is 0 Å². The van der Waals surface area contributed by atoms with Gasteiger partial charge in [-0.25, -0.2) is 4.98 Å². The zero-order chi connectivity index (χ0) is 18.1. The average molecular weight is 368 g/mol. The summed E-state index contributed by atoms with van der Waals surface area (Å²) in [7, 11) is 0. The summed E-state index contributed by atoms with van der Waals surface area (Å²) in [4.78, 5) is 17.7. The van der Waals surface area contributed by atoms with Gasteiger partial charge in [0.1, 0.15) is 5.76 Å². The van der Waals surface area contributed by atoms with Crippen LogP contribution in [0.15, 0.2) is 61.4 Å². The summed E-state index contributed by atoms with van der Waals surface area (Å²) in [5.41, 5.74) is 0.549. The van der Waals surface area contributed by atoms with Gasteiger partial charge in [0.2, 0.25) is 11.8 Å². The van der Waals surface area contributed by atoms with Gasteiger partial charge in [-0.1, -0.05) is 23.9 Å². The number of aryl methyl sites for hydroxylation is 1. The highest BCUT2D eigenvalue weighted by Crippen LogP contribution is 2.33. The summed E-state index contributed by atoms with van der Waals surface area (Å²) >= 11 is 1.40. The standard InChI is InChI=1S/C18H16N4O3S/c1-11(16-21-20-12(2)25-16)26-18-19-15-8-4-3-7-14(15)17(23)22(18)10-13-6-5-9-24-13/h3-9,11H,10H2,1-2H3. The zero-order valence-corrected chi connectivity index (χ0v) is 15.1. The molecule has 132 valence electrons. The normalized spacial score (nSPS) is 12.5. The van der Waals surface area contributed by atoms with Gasteiger partial charge in [0.25, 0.3) is 5.56 Å². The molecule has 0 aliphatic carbocycles. The van der Waals surface area contributed by atoms with Crippen molar-refractivity contribution >= 4 is 22.7 Å². The molecule has 0 fully saturated rings. The van der Waals surface area contributed by atoms with Crippen molar-refractivity contribution in [3.63, 3.8) is 0 Å². The third kappa shape index (κ3) is 3.15. The minimum atomic E-state index is -0.146. The van der Waals surface area contributed by atoms with Crippen molar-refractivity contribution in [2.24, 2.45) is 0 Å². The van der Waals surface area contributed by atoms with Crippen LogP contribution in [0.5, 0.6) is 0 Å². The van der Waals surface area contributed by atoms with Crippen molar-refractivity contribution in [3.8, 4) is 0 Å². The second kappa shape index (κ2) is 6.80. The van der Waals surface area contributed by atoms with E-state index in [1.165, 1.54) is 11.8 Å². The van der Waals surface area contributed by atoms with Crippen molar-refractivity contribution < 1.29 is 8.83 Å². The molecular weight excluding hydrogens is 352 g/mol. The van der Waals surface area contributed by atoms with Gasteiger partial charge in [-0.2, -0.15) is 0 Å². The molecule has 26 heavy (non-hydrogen) atoms. The van der Waals surface area contributed by atoms with Gasteiger partial charge in [0.15, 0.2) is 5.16 Å². The molecule has 0 radical (unpaired) electrons. The number of hydrogen-bond donors (Lipinski definition) is 0. The number of aromatic nitrogens is 4. The van der Waals surface area contributed by atoms with E-state index in [0.717, 1.165) is 0 Å². The van der Waals surface area contributed by atoms with E-state index >= 15 is 0 Å². The third-order valence-corrected chi connectivity index (χ3v) is 4.97. The second-order valence-electron chi connectivity index (χ2n) is 5.80. The summed E-state index contributed by atoms with van der Waals surface area (Å²) in [6.07, 6.45) is 1.59. The maximum atomic E-state index is 13.0. The predicted octanol–water partition coefficient (Wildman–Crippen LogP) is 3.58. The minimum absolute atomic E-state index is 0.108. The molecule has 4 rings (SSSR count). The number of fused-ring (bicyclic) bond motifs is 1. The van der Waals surface area contributed by atoms with Gasteiger partial charge in [-0.15, -0.1) is 10.2 Å². The van der Waals surface area contributed by atoms with Crippen LogP contribution in [0.1, 0.15) is 29.7 Å². The molecule has 0 amide bonds. The quantitative estimate of drug-likeness (QED) is 0.393. The van der Waals surface area contributed by atoms with Gasteiger partial charge in [0.05, 0.1) is 29.0 Å². The van der Waals surface area contributed by atoms with Gasteiger partial charge in [-0.3, -0.25) is 9.36 Å².